The van der Waals surface area contributed by atoms with Crippen molar-refractivity contribution in [2.75, 3.05) is 32.6 Å². The Morgan fingerprint density at radius 2 is 2.00 bits per heavy atom. The highest BCUT2D eigenvalue weighted by Gasteiger charge is 2.24. The van der Waals surface area contributed by atoms with Crippen LogP contribution in [0, 0.1) is 0 Å². The molecule has 0 bridgehead atoms. The lowest BCUT2D eigenvalue weighted by Crippen LogP contribution is -2.31. The van der Waals surface area contributed by atoms with Crippen LogP contribution in [0.15, 0.2) is 6.07 Å². The van der Waals surface area contributed by atoms with Gasteiger partial charge < -0.3 is 20.1 Å². The normalized spacial score (nSPS) is 19.4. The minimum Gasteiger partial charge on any atom is -0.491 e. The first-order chi connectivity index (χ1) is 12.3. The zero-order valence-corrected chi connectivity index (χ0v) is 16.2. The van der Waals surface area contributed by atoms with Crippen LogP contribution in [0.2, 0.25) is 0 Å². The molecule has 4 rings (SSSR count). The molecule has 0 radical (unpaired) electrons. The summed E-state index contributed by atoms with van der Waals surface area (Å²) >= 11 is 0. The molecule has 6 nitrogen and oxygen atoms in total. The monoisotopic (exact) mass is 378 g/mol. The number of halogens is 1. The standard InChI is InChI=1S/C19H26N4O2.ClH/c1-24-16-10-15-18(23-19(16)25-2)17(13-7-5-8-14(13)22-15)21-12-6-3-4-9-20-11-12;/h10,12,20H,3-9,11H2,1-2H3,(H,21,22);1H/t12-;/m1./s1. The van der Waals surface area contributed by atoms with E-state index >= 15 is 0 Å². The van der Waals surface area contributed by atoms with Crippen LogP contribution in [0.3, 0.4) is 0 Å². The number of fused-ring (bicyclic) bond motifs is 2. The molecule has 0 saturated carbocycles. The van der Waals surface area contributed by atoms with E-state index < -0.39 is 0 Å². The van der Waals surface area contributed by atoms with Crippen molar-refractivity contribution in [3.05, 3.63) is 17.3 Å². The Morgan fingerprint density at radius 3 is 2.81 bits per heavy atom. The lowest BCUT2D eigenvalue weighted by Gasteiger charge is -2.21. The lowest BCUT2D eigenvalue weighted by molar-refractivity contribution is 0.344. The molecule has 26 heavy (non-hydrogen) atoms. The third-order valence-corrected chi connectivity index (χ3v) is 5.23. The van der Waals surface area contributed by atoms with Gasteiger partial charge in [-0.2, -0.15) is 0 Å². The van der Waals surface area contributed by atoms with E-state index in [1.165, 1.54) is 30.5 Å². The molecule has 0 unspecified atom stereocenters. The number of aromatic nitrogens is 2. The molecule has 2 aromatic rings. The zero-order chi connectivity index (χ0) is 17.2. The average Bonchev–Trinajstić information content (AvgIpc) is 2.95. The van der Waals surface area contributed by atoms with Gasteiger partial charge in [0.15, 0.2) is 5.75 Å². The number of methoxy groups -OCH3 is 2. The topological polar surface area (TPSA) is 68.3 Å². The fourth-order valence-corrected chi connectivity index (χ4v) is 3.94. The molecule has 1 aliphatic carbocycles. The van der Waals surface area contributed by atoms with E-state index in [0.717, 1.165) is 49.1 Å². The van der Waals surface area contributed by atoms with Crippen molar-refractivity contribution in [1.82, 2.24) is 15.3 Å². The van der Waals surface area contributed by atoms with Gasteiger partial charge in [-0.15, -0.1) is 12.4 Å². The summed E-state index contributed by atoms with van der Waals surface area (Å²) < 4.78 is 10.8. The molecule has 2 aliphatic rings. The summed E-state index contributed by atoms with van der Waals surface area (Å²) in [6, 6.07) is 2.36. The molecule has 7 heteroatoms. The van der Waals surface area contributed by atoms with Gasteiger partial charge in [-0.1, -0.05) is 6.42 Å². The van der Waals surface area contributed by atoms with Crippen molar-refractivity contribution in [3.63, 3.8) is 0 Å². The molecular weight excluding hydrogens is 352 g/mol. The molecule has 0 spiro atoms. The van der Waals surface area contributed by atoms with Crippen LogP contribution >= 0.6 is 12.4 Å². The minimum absolute atomic E-state index is 0. The Kier molecular flexibility index (Phi) is 6.04. The first-order valence-corrected chi connectivity index (χ1v) is 9.22. The van der Waals surface area contributed by atoms with Crippen LogP contribution in [0.25, 0.3) is 11.0 Å². The van der Waals surface area contributed by atoms with E-state index in [4.69, 9.17) is 19.4 Å². The summed E-state index contributed by atoms with van der Waals surface area (Å²) in [7, 11) is 3.26. The quantitative estimate of drug-likeness (QED) is 0.852. The molecule has 1 saturated heterocycles. The highest BCUT2D eigenvalue weighted by molar-refractivity contribution is 5.92. The molecule has 0 amide bonds. The van der Waals surface area contributed by atoms with Crippen molar-refractivity contribution in [2.45, 2.75) is 44.6 Å². The lowest BCUT2D eigenvalue weighted by atomic mass is 10.1. The van der Waals surface area contributed by atoms with Gasteiger partial charge in [-0.25, -0.2) is 4.98 Å². The minimum atomic E-state index is 0. The van der Waals surface area contributed by atoms with Crippen molar-refractivity contribution in [2.24, 2.45) is 0 Å². The van der Waals surface area contributed by atoms with Crippen molar-refractivity contribution in [1.29, 1.82) is 0 Å². The highest BCUT2D eigenvalue weighted by atomic mass is 35.5. The number of anilines is 1. The summed E-state index contributed by atoms with van der Waals surface area (Å²) in [6.45, 7) is 2.10. The summed E-state index contributed by atoms with van der Waals surface area (Å²) in [5, 5.41) is 7.32. The van der Waals surface area contributed by atoms with Gasteiger partial charge in [0.05, 0.1) is 25.4 Å². The zero-order valence-electron chi connectivity index (χ0n) is 15.4. The summed E-state index contributed by atoms with van der Waals surface area (Å²) in [5.41, 5.74) is 5.44. The Labute approximate surface area is 160 Å². The fraction of sp³-hybridized carbons (Fsp3) is 0.579. The Morgan fingerprint density at radius 1 is 1.12 bits per heavy atom. The Bertz CT molecular complexity index is 776. The van der Waals surface area contributed by atoms with E-state index in [9.17, 15) is 0 Å². The summed E-state index contributed by atoms with van der Waals surface area (Å²) in [4.78, 5) is 9.60. The molecule has 2 aromatic heterocycles. The molecule has 1 aliphatic heterocycles. The number of aryl methyl sites for hydroxylation is 1. The number of hydrogen-bond donors (Lipinski definition) is 2. The van der Waals surface area contributed by atoms with Crippen LogP contribution < -0.4 is 20.1 Å². The van der Waals surface area contributed by atoms with E-state index in [2.05, 4.69) is 10.6 Å². The maximum absolute atomic E-state index is 5.42. The molecule has 0 aromatic carbocycles. The van der Waals surface area contributed by atoms with Gasteiger partial charge in [0.2, 0.25) is 0 Å². The maximum Gasteiger partial charge on any atom is 0.257 e. The van der Waals surface area contributed by atoms with E-state index in [1.807, 2.05) is 6.07 Å². The maximum atomic E-state index is 5.42. The van der Waals surface area contributed by atoms with Crippen LogP contribution in [-0.4, -0.2) is 43.3 Å². The summed E-state index contributed by atoms with van der Waals surface area (Å²) in [6.07, 6.45) is 6.94. The van der Waals surface area contributed by atoms with Crippen LogP contribution in [-0.2, 0) is 12.8 Å². The van der Waals surface area contributed by atoms with Crippen LogP contribution in [0.4, 0.5) is 5.69 Å². The average molecular weight is 379 g/mol. The molecular formula is C19H27ClN4O2. The molecule has 1 fully saturated rings. The Hall–Kier alpha value is -1.79. The molecule has 3 heterocycles. The predicted octanol–water partition coefficient (Wildman–Crippen LogP) is 3.11. The van der Waals surface area contributed by atoms with Gasteiger partial charge in [-0.3, -0.25) is 4.98 Å². The highest BCUT2D eigenvalue weighted by Crippen LogP contribution is 2.37. The second-order valence-corrected chi connectivity index (χ2v) is 6.87. The molecule has 2 N–H and O–H groups in total. The van der Waals surface area contributed by atoms with Crippen molar-refractivity contribution in [3.8, 4) is 11.6 Å². The largest absolute Gasteiger partial charge is 0.491 e. The van der Waals surface area contributed by atoms with Gasteiger partial charge in [-0.05, 0) is 44.2 Å². The molecule has 142 valence electrons. The number of rotatable bonds is 4. The van der Waals surface area contributed by atoms with Gasteiger partial charge in [0, 0.05) is 24.3 Å². The predicted molar refractivity (Wildman–Crippen MR) is 106 cm³/mol. The van der Waals surface area contributed by atoms with Gasteiger partial charge >= 0.3 is 0 Å². The van der Waals surface area contributed by atoms with Gasteiger partial charge in [0.1, 0.15) is 5.52 Å². The van der Waals surface area contributed by atoms with Crippen LogP contribution in [0.5, 0.6) is 11.6 Å². The smallest absolute Gasteiger partial charge is 0.257 e. The van der Waals surface area contributed by atoms with E-state index in [1.54, 1.807) is 14.2 Å². The number of ether oxygens (including phenoxy) is 2. The SMILES string of the molecule is COc1cc2nc3c(c(N[C@@H]4CCCCNC4)c2nc1OC)CCC3.Cl. The first-order valence-electron chi connectivity index (χ1n) is 9.22. The second kappa shape index (κ2) is 8.27. The van der Waals surface area contributed by atoms with Crippen molar-refractivity contribution < 1.29 is 9.47 Å². The Balaban J connectivity index is 0.00000196. The number of nitrogens with zero attached hydrogens (tertiary/aromatic N) is 2. The van der Waals surface area contributed by atoms with Crippen LogP contribution in [0.1, 0.15) is 36.9 Å². The first kappa shape index (κ1) is 19.0. The second-order valence-electron chi connectivity index (χ2n) is 6.87. The number of pyridine rings is 2. The number of nitrogens with one attached hydrogen (secondary N) is 2. The molecule has 1 atom stereocenters. The summed E-state index contributed by atoms with van der Waals surface area (Å²) in [5.74, 6) is 1.14. The number of hydrogen-bond acceptors (Lipinski definition) is 6. The van der Waals surface area contributed by atoms with E-state index in [0.29, 0.717) is 17.7 Å². The van der Waals surface area contributed by atoms with E-state index in [-0.39, 0.29) is 12.4 Å². The third-order valence-electron chi connectivity index (χ3n) is 5.23. The van der Waals surface area contributed by atoms with Gasteiger partial charge in [0.25, 0.3) is 5.88 Å². The van der Waals surface area contributed by atoms with Crippen molar-refractivity contribution >= 4 is 29.1 Å². The fourth-order valence-electron chi connectivity index (χ4n) is 3.94. The third kappa shape index (κ3) is 3.53.